The first-order chi connectivity index (χ1) is 12.1. The molecule has 0 saturated carbocycles. The number of rotatable bonds is 2. The highest BCUT2D eigenvalue weighted by molar-refractivity contribution is 5.93. The van der Waals surface area contributed by atoms with E-state index in [2.05, 4.69) is 4.98 Å². The third-order valence-electron chi connectivity index (χ3n) is 4.92. The summed E-state index contributed by atoms with van der Waals surface area (Å²) < 4.78 is 39.6. The van der Waals surface area contributed by atoms with E-state index in [-0.39, 0.29) is 11.3 Å². The molecule has 0 aliphatic carbocycles. The molecule has 1 unspecified atom stereocenters. The van der Waals surface area contributed by atoms with Gasteiger partial charge in [0.1, 0.15) is 5.69 Å². The van der Waals surface area contributed by atoms with E-state index in [9.17, 15) is 22.8 Å². The lowest BCUT2D eigenvalue weighted by molar-refractivity contribution is -0.137. The number of carbonyl (C=O) groups excluding carboxylic acids is 1. The van der Waals surface area contributed by atoms with Crippen LogP contribution in [0.15, 0.2) is 41.5 Å². The highest BCUT2D eigenvalue weighted by Crippen LogP contribution is 2.40. The molecule has 2 aromatic rings. The molecule has 1 fully saturated rings. The largest absolute Gasteiger partial charge is 0.416 e. The van der Waals surface area contributed by atoms with Crippen molar-refractivity contribution in [1.82, 2.24) is 14.5 Å². The molecule has 1 aliphatic heterocycles. The molecule has 0 N–H and O–H groups in total. The Balaban J connectivity index is 1.94. The predicted molar refractivity (Wildman–Crippen MR) is 88.5 cm³/mol. The van der Waals surface area contributed by atoms with Crippen LogP contribution in [0.4, 0.5) is 13.2 Å². The topological polar surface area (TPSA) is 55.2 Å². The van der Waals surface area contributed by atoms with Gasteiger partial charge in [-0.1, -0.05) is 12.1 Å². The lowest BCUT2D eigenvalue weighted by Gasteiger charge is -2.36. The van der Waals surface area contributed by atoms with E-state index < -0.39 is 23.2 Å². The van der Waals surface area contributed by atoms with Crippen molar-refractivity contribution in [1.29, 1.82) is 0 Å². The minimum atomic E-state index is -4.40. The van der Waals surface area contributed by atoms with Gasteiger partial charge in [-0.05, 0) is 37.5 Å². The van der Waals surface area contributed by atoms with E-state index in [1.807, 2.05) is 6.92 Å². The van der Waals surface area contributed by atoms with Gasteiger partial charge in [0.15, 0.2) is 0 Å². The number of hydrogen-bond acceptors (Lipinski definition) is 3. The van der Waals surface area contributed by atoms with Crippen LogP contribution in [0.2, 0.25) is 0 Å². The molecule has 3 rings (SSSR count). The Labute approximate surface area is 148 Å². The zero-order chi connectivity index (χ0) is 19.1. The van der Waals surface area contributed by atoms with Gasteiger partial charge in [-0.2, -0.15) is 13.2 Å². The Bertz CT molecular complexity index is 890. The quantitative estimate of drug-likeness (QED) is 0.822. The second-order valence-electron chi connectivity index (χ2n) is 6.63. The zero-order valence-corrected chi connectivity index (χ0v) is 14.4. The smallest absolute Gasteiger partial charge is 0.328 e. The van der Waals surface area contributed by atoms with Crippen molar-refractivity contribution < 1.29 is 18.0 Å². The summed E-state index contributed by atoms with van der Waals surface area (Å²) in [4.78, 5) is 30.2. The summed E-state index contributed by atoms with van der Waals surface area (Å²) >= 11 is 0. The minimum Gasteiger partial charge on any atom is -0.328 e. The predicted octanol–water partition coefficient (Wildman–Crippen LogP) is 2.95. The van der Waals surface area contributed by atoms with Gasteiger partial charge < -0.3 is 9.47 Å². The van der Waals surface area contributed by atoms with Crippen LogP contribution in [0.3, 0.4) is 0 Å². The SMILES string of the molecule is Cn1cnc(C(=O)N2CCCC2(C)c2ccc(C(F)(F)F)cc2)cc1=O. The molecule has 1 saturated heterocycles. The van der Waals surface area contributed by atoms with Gasteiger partial charge in [0.25, 0.3) is 11.5 Å². The highest BCUT2D eigenvalue weighted by atomic mass is 19.4. The number of aryl methyl sites for hydroxylation is 1. The summed E-state index contributed by atoms with van der Waals surface area (Å²) in [6.45, 7) is 2.27. The zero-order valence-electron chi connectivity index (χ0n) is 14.4. The van der Waals surface area contributed by atoms with Gasteiger partial charge in [0.2, 0.25) is 0 Å². The van der Waals surface area contributed by atoms with Gasteiger partial charge in [-0.15, -0.1) is 0 Å². The summed E-state index contributed by atoms with van der Waals surface area (Å²) in [5.74, 6) is -0.400. The molecule has 5 nitrogen and oxygen atoms in total. The Hall–Kier alpha value is -2.64. The maximum absolute atomic E-state index is 12.9. The fourth-order valence-electron chi connectivity index (χ4n) is 3.32. The molecular weight excluding hydrogens is 347 g/mol. The lowest BCUT2D eigenvalue weighted by Crippen LogP contribution is -2.43. The van der Waals surface area contributed by atoms with Gasteiger partial charge in [-0.3, -0.25) is 9.59 Å². The molecule has 2 heterocycles. The van der Waals surface area contributed by atoms with Crippen molar-refractivity contribution >= 4 is 5.91 Å². The van der Waals surface area contributed by atoms with Crippen LogP contribution in [0.1, 0.15) is 41.4 Å². The number of nitrogens with zero attached hydrogens (tertiary/aromatic N) is 3. The number of hydrogen-bond donors (Lipinski definition) is 0. The molecular formula is C18H18F3N3O2. The lowest BCUT2D eigenvalue weighted by atomic mass is 9.88. The second-order valence-corrected chi connectivity index (χ2v) is 6.63. The molecule has 8 heteroatoms. The van der Waals surface area contributed by atoms with Crippen molar-refractivity contribution in [3.05, 3.63) is 63.8 Å². The summed E-state index contributed by atoms with van der Waals surface area (Å²) in [6.07, 6.45) is -1.79. The average molecular weight is 365 g/mol. The van der Waals surface area contributed by atoms with Crippen LogP contribution < -0.4 is 5.56 Å². The molecule has 138 valence electrons. The first-order valence-electron chi connectivity index (χ1n) is 8.15. The molecule has 1 aromatic carbocycles. The number of aromatic nitrogens is 2. The van der Waals surface area contributed by atoms with Crippen LogP contribution >= 0.6 is 0 Å². The van der Waals surface area contributed by atoms with Crippen molar-refractivity contribution in [2.45, 2.75) is 31.5 Å². The molecule has 1 atom stereocenters. The summed E-state index contributed by atoms with van der Waals surface area (Å²) in [5.41, 5.74) is -1.16. The van der Waals surface area contributed by atoms with Crippen LogP contribution in [0.25, 0.3) is 0 Å². The number of benzene rings is 1. The van der Waals surface area contributed by atoms with E-state index in [0.717, 1.165) is 12.1 Å². The Morgan fingerprint density at radius 2 is 1.88 bits per heavy atom. The Morgan fingerprint density at radius 1 is 1.23 bits per heavy atom. The number of halogens is 3. The van der Waals surface area contributed by atoms with Crippen LogP contribution in [0.5, 0.6) is 0 Å². The van der Waals surface area contributed by atoms with E-state index in [1.54, 1.807) is 4.90 Å². The normalized spacial score (nSPS) is 20.4. The van der Waals surface area contributed by atoms with Crippen LogP contribution in [-0.4, -0.2) is 26.9 Å². The number of likely N-dealkylation sites (tertiary alicyclic amines) is 1. The third kappa shape index (κ3) is 3.11. The van der Waals surface area contributed by atoms with E-state index in [1.165, 1.54) is 36.1 Å². The minimum absolute atomic E-state index is 0.0353. The van der Waals surface area contributed by atoms with Gasteiger partial charge in [0.05, 0.1) is 17.4 Å². The van der Waals surface area contributed by atoms with Crippen molar-refractivity contribution in [3.63, 3.8) is 0 Å². The number of alkyl halides is 3. The van der Waals surface area contributed by atoms with E-state index >= 15 is 0 Å². The first-order valence-corrected chi connectivity index (χ1v) is 8.15. The second kappa shape index (κ2) is 6.26. The van der Waals surface area contributed by atoms with Crippen molar-refractivity contribution in [2.24, 2.45) is 7.05 Å². The van der Waals surface area contributed by atoms with Gasteiger partial charge >= 0.3 is 6.18 Å². The maximum Gasteiger partial charge on any atom is 0.416 e. The fraction of sp³-hybridized carbons (Fsp3) is 0.389. The Kier molecular flexibility index (Phi) is 4.37. The van der Waals surface area contributed by atoms with E-state index in [0.29, 0.717) is 24.9 Å². The Morgan fingerprint density at radius 3 is 2.46 bits per heavy atom. The monoisotopic (exact) mass is 365 g/mol. The summed E-state index contributed by atoms with van der Waals surface area (Å²) in [6, 6.07) is 6.04. The van der Waals surface area contributed by atoms with Crippen LogP contribution in [-0.2, 0) is 18.8 Å². The number of carbonyl (C=O) groups is 1. The van der Waals surface area contributed by atoms with Gasteiger partial charge in [0, 0.05) is 19.7 Å². The molecule has 1 aliphatic rings. The highest BCUT2D eigenvalue weighted by Gasteiger charge is 2.42. The third-order valence-corrected chi connectivity index (χ3v) is 4.92. The molecule has 0 spiro atoms. The molecule has 0 bridgehead atoms. The fourth-order valence-corrected chi connectivity index (χ4v) is 3.32. The molecule has 1 aromatic heterocycles. The average Bonchev–Trinajstić information content (AvgIpc) is 2.99. The van der Waals surface area contributed by atoms with Crippen molar-refractivity contribution in [2.75, 3.05) is 6.54 Å². The first kappa shape index (κ1) is 18.2. The van der Waals surface area contributed by atoms with Crippen molar-refractivity contribution in [3.8, 4) is 0 Å². The number of amides is 1. The van der Waals surface area contributed by atoms with E-state index in [4.69, 9.17) is 0 Å². The standard InChI is InChI=1S/C18H18F3N3O2/c1-17(12-4-6-13(7-5-12)18(19,20)21)8-3-9-24(17)16(26)14-10-15(25)23(2)11-22-14/h4-7,10-11H,3,8-9H2,1-2H3. The molecule has 26 heavy (non-hydrogen) atoms. The van der Waals surface area contributed by atoms with Crippen LogP contribution in [0, 0.1) is 0 Å². The summed E-state index contributed by atoms with van der Waals surface area (Å²) in [5, 5.41) is 0. The maximum atomic E-state index is 12.9. The molecule has 0 radical (unpaired) electrons. The van der Waals surface area contributed by atoms with Gasteiger partial charge in [-0.25, -0.2) is 4.98 Å². The molecule has 1 amide bonds. The summed E-state index contributed by atoms with van der Waals surface area (Å²) in [7, 11) is 1.53.